The largest absolute Gasteiger partial charge is 0.508 e. The third-order valence-corrected chi connectivity index (χ3v) is 1.55. The lowest BCUT2D eigenvalue weighted by molar-refractivity contribution is 0.0629. The summed E-state index contributed by atoms with van der Waals surface area (Å²) in [5.74, 6) is 0.655. The van der Waals surface area contributed by atoms with Gasteiger partial charge in [-0.3, -0.25) is 0 Å². The molecule has 0 amide bonds. The summed E-state index contributed by atoms with van der Waals surface area (Å²) in [6.45, 7) is -0.477. The number of aliphatic hydroxyl groups is 2. The minimum Gasteiger partial charge on any atom is -0.508 e. The molecule has 0 saturated heterocycles. The van der Waals surface area contributed by atoms with Crippen molar-refractivity contribution in [3.63, 3.8) is 0 Å². The lowest BCUT2D eigenvalue weighted by atomic mass is 10.3. The van der Waals surface area contributed by atoms with Crippen molar-refractivity contribution in [1.82, 2.24) is 0 Å². The van der Waals surface area contributed by atoms with Gasteiger partial charge in [0.15, 0.2) is 0 Å². The molecular weight excluding hydrogens is 172 g/mol. The van der Waals surface area contributed by atoms with Gasteiger partial charge in [0.25, 0.3) is 0 Å². The van der Waals surface area contributed by atoms with Crippen LogP contribution in [0.2, 0.25) is 0 Å². The van der Waals surface area contributed by atoms with Gasteiger partial charge in [-0.15, -0.1) is 0 Å². The third-order valence-electron chi connectivity index (χ3n) is 1.55. The molecule has 4 nitrogen and oxygen atoms in total. The molecule has 0 heterocycles. The SMILES string of the molecule is OCC(CO)Oc1ccc(O)cc1. The highest BCUT2D eigenvalue weighted by Gasteiger charge is 2.06. The minimum atomic E-state index is -0.607. The van der Waals surface area contributed by atoms with Gasteiger partial charge in [-0.1, -0.05) is 0 Å². The number of aliphatic hydroxyl groups excluding tert-OH is 2. The van der Waals surface area contributed by atoms with Gasteiger partial charge in [0.05, 0.1) is 13.2 Å². The van der Waals surface area contributed by atoms with Crippen LogP contribution in [0.4, 0.5) is 0 Å². The summed E-state index contributed by atoms with van der Waals surface area (Å²) in [6.07, 6.45) is -0.607. The van der Waals surface area contributed by atoms with Crippen LogP contribution >= 0.6 is 0 Å². The van der Waals surface area contributed by atoms with Crippen molar-refractivity contribution in [3.8, 4) is 11.5 Å². The van der Waals surface area contributed by atoms with E-state index in [1.54, 1.807) is 12.1 Å². The zero-order valence-corrected chi connectivity index (χ0v) is 7.05. The van der Waals surface area contributed by atoms with Gasteiger partial charge in [-0.25, -0.2) is 0 Å². The van der Waals surface area contributed by atoms with Crippen molar-refractivity contribution in [2.24, 2.45) is 0 Å². The zero-order chi connectivity index (χ0) is 9.68. The highest BCUT2D eigenvalue weighted by atomic mass is 16.5. The van der Waals surface area contributed by atoms with Crippen molar-refractivity contribution in [2.75, 3.05) is 13.2 Å². The normalized spacial score (nSPS) is 10.4. The number of aromatic hydroxyl groups is 1. The third kappa shape index (κ3) is 2.93. The molecule has 0 aliphatic carbocycles. The Morgan fingerprint density at radius 1 is 1.08 bits per heavy atom. The first-order chi connectivity index (χ1) is 6.26. The van der Waals surface area contributed by atoms with E-state index in [-0.39, 0.29) is 19.0 Å². The number of ether oxygens (including phenoxy) is 1. The Morgan fingerprint density at radius 3 is 2.08 bits per heavy atom. The maximum Gasteiger partial charge on any atom is 0.145 e. The molecule has 0 spiro atoms. The average molecular weight is 184 g/mol. The Balaban J connectivity index is 2.58. The van der Waals surface area contributed by atoms with E-state index in [1.807, 2.05) is 0 Å². The predicted octanol–water partition coefficient (Wildman–Crippen LogP) is 0.124. The molecule has 0 aromatic heterocycles. The molecule has 72 valence electrons. The van der Waals surface area contributed by atoms with Crippen LogP contribution in [0.25, 0.3) is 0 Å². The van der Waals surface area contributed by atoms with E-state index in [2.05, 4.69) is 0 Å². The van der Waals surface area contributed by atoms with E-state index in [0.717, 1.165) is 0 Å². The monoisotopic (exact) mass is 184 g/mol. The average Bonchev–Trinajstić information content (AvgIpc) is 2.17. The Labute approximate surface area is 76.0 Å². The molecule has 4 heteroatoms. The number of phenols is 1. The maximum atomic E-state index is 8.95. The van der Waals surface area contributed by atoms with Crippen LogP contribution in [0.3, 0.4) is 0 Å². The molecule has 13 heavy (non-hydrogen) atoms. The Bertz CT molecular complexity index is 240. The first kappa shape index (κ1) is 9.83. The fourth-order valence-corrected chi connectivity index (χ4v) is 0.849. The summed E-state index contributed by atoms with van der Waals surface area (Å²) < 4.78 is 5.16. The molecular formula is C9H12O4. The summed E-state index contributed by atoms with van der Waals surface area (Å²) >= 11 is 0. The van der Waals surface area contributed by atoms with Crippen molar-refractivity contribution >= 4 is 0 Å². The van der Waals surface area contributed by atoms with Crippen LogP contribution in [0.1, 0.15) is 0 Å². The number of phenolic OH excluding ortho intramolecular Hbond substituents is 1. The van der Waals surface area contributed by atoms with Gasteiger partial charge in [0, 0.05) is 0 Å². The lowest BCUT2D eigenvalue weighted by Gasteiger charge is -2.13. The van der Waals surface area contributed by atoms with Crippen LogP contribution in [0.5, 0.6) is 11.5 Å². The van der Waals surface area contributed by atoms with Crippen LogP contribution in [-0.4, -0.2) is 34.6 Å². The van der Waals surface area contributed by atoms with Crippen LogP contribution in [0.15, 0.2) is 24.3 Å². The van der Waals surface area contributed by atoms with E-state index in [0.29, 0.717) is 5.75 Å². The number of benzene rings is 1. The molecule has 1 aromatic rings. The number of rotatable bonds is 4. The second-order valence-electron chi connectivity index (χ2n) is 2.60. The smallest absolute Gasteiger partial charge is 0.145 e. The second-order valence-corrected chi connectivity index (χ2v) is 2.60. The maximum absolute atomic E-state index is 8.95. The first-order valence-corrected chi connectivity index (χ1v) is 3.93. The molecule has 1 rings (SSSR count). The minimum absolute atomic E-state index is 0.150. The number of hydrogen-bond donors (Lipinski definition) is 3. The second kappa shape index (κ2) is 4.69. The fourth-order valence-electron chi connectivity index (χ4n) is 0.849. The van der Waals surface area contributed by atoms with Gasteiger partial charge < -0.3 is 20.1 Å². The highest BCUT2D eigenvalue weighted by Crippen LogP contribution is 2.16. The summed E-state index contributed by atoms with van der Waals surface area (Å²) in [5.41, 5.74) is 0. The summed E-state index contributed by atoms with van der Waals surface area (Å²) in [7, 11) is 0. The fraction of sp³-hybridized carbons (Fsp3) is 0.333. The van der Waals surface area contributed by atoms with E-state index in [4.69, 9.17) is 20.1 Å². The van der Waals surface area contributed by atoms with Gasteiger partial charge in [0.1, 0.15) is 17.6 Å². The lowest BCUT2D eigenvalue weighted by Crippen LogP contribution is -2.25. The Kier molecular flexibility index (Phi) is 3.54. The van der Waals surface area contributed by atoms with Crippen molar-refractivity contribution in [3.05, 3.63) is 24.3 Å². The molecule has 0 saturated carbocycles. The first-order valence-electron chi connectivity index (χ1n) is 3.93. The van der Waals surface area contributed by atoms with E-state index in [9.17, 15) is 0 Å². The quantitative estimate of drug-likeness (QED) is 0.621. The van der Waals surface area contributed by atoms with E-state index in [1.165, 1.54) is 12.1 Å². The Morgan fingerprint density at radius 2 is 1.62 bits per heavy atom. The zero-order valence-electron chi connectivity index (χ0n) is 7.05. The molecule has 0 aliphatic heterocycles. The molecule has 3 N–H and O–H groups in total. The molecule has 0 unspecified atom stereocenters. The molecule has 0 atom stereocenters. The van der Waals surface area contributed by atoms with Crippen molar-refractivity contribution in [1.29, 1.82) is 0 Å². The van der Waals surface area contributed by atoms with Crippen molar-refractivity contribution in [2.45, 2.75) is 6.10 Å². The van der Waals surface area contributed by atoms with Crippen LogP contribution in [-0.2, 0) is 0 Å². The molecule has 0 bridgehead atoms. The van der Waals surface area contributed by atoms with Gasteiger partial charge in [-0.05, 0) is 24.3 Å². The summed E-state index contributed by atoms with van der Waals surface area (Å²) in [4.78, 5) is 0. The summed E-state index contributed by atoms with van der Waals surface area (Å²) in [5, 5.41) is 26.4. The van der Waals surface area contributed by atoms with Crippen molar-refractivity contribution < 1.29 is 20.1 Å². The van der Waals surface area contributed by atoms with Gasteiger partial charge in [0.2, 0.25) is 0 Å². The summed E-state index contributed by atoms with van der Waals surface area (Å²) in [6, 6.07) is 6.07. The van der Waals surface area contributed by atoms with E-state index < -0.39 is 6.10 Å². The van der Waals surface area contributed by atoms with Gasteiger partial charge in [-0.2, -0.15) is 0 Å². The van der Waals surface area contributed by atoms with Crippen LogP contribution in [0, 0.1) is 0 Å². The van der Waals surface area contributed by atoms with Crippen LogP contribution < -0.4 is 4.74 Å². The molecule has 0 radical (unpaired) electrons. The molecule has 0 fully saturated rings. The van der Waals surface area contributed by atoms with E-state index >= 15 is 0 Å². The molecule has 1 aromatic carbocycles. The molecule has 0 aliphatic rings. The predicted molar refractivity (Wildman–Crippen MR) is 46.7 cm³/mol. The number of hydrogen-bond acceptors (Lipinski definition) is 4. The highest BCUT2D eigenvalue weighted by molar-refractivity contribution is 5.30. The topological polar surface area (TPSA) is 69.9 Å². The Hall–Kier alpha value is -1.26. The van der Waals surface area contributed by atoms with Gasteiger partial charge >= 0.3 is 0 Å². The standard InChI is InChI=1S/C9H12O4/c10-5-9(6-11)13-8-3-1-7(12)2-4-8/h1-4,9-12H,5-6H2.